The van der Waals surface area contributed by atoms with Gasteiger partial charge in [-0.15, -0.1) is 11.8 Å². The summed E-state index contributed by atoms with van der Waals surface area (Å²) in [7, 11) is 3.99. The fraction of sp³-hybridized carbons (Fsp3) is 0.200. The highest BCUT2D eigenvalue weighted by molar-refractivity contribution is 7.98. The van der Waals surface area contributed by atoms with Gasteiger partial charge in [0.05, 0.1) is 11.4 Å². The lowest BCUT2D eigenvalue weighted by Crippen LogP contribution is -2.11. The van der Waals surface area contributed by atoms with Crippen LogP contribution in [0.4, 0.5) is 23.0 Å². The normalized spacial score (nSPS) is 11.2. The number of rotatable bonds is 8. The first-order valence-electron chi connectivity index (χ1n) is 12.3. The Bertz CT molecular complexity index is 1400. The van der Waals surface area contributed by atoms with Gasteiger partial charge in [0, 0.05) is 47.4 Å². The number of anilines is 4. The summed E-state index contributed by atoms with van der Waals surface area (Å²) >= 11 is 1.75. The molecule has 0 fully saturated rings. The molecule has 188 valence electrons. The van der Waals surface area contributed by atoms with Crippen LogP contribution in [0.15, 0.2) is 89.8 Å². The van der Waals surface area contributed by atoms with Gasteiger partial charge in [-0.05, 0) is 62.1 Å². The summed E-state index contributed by atoms with van der Waals surface area (Å²) in [6.45, 7) is 4.18. The summed E-state index contributed by atoms with van der Waals surface area (Å²) < 4.78 is 3.88. The predicted molar refractivity (Wildman–Crippen MR) is 155 cm³/mol. The largest absolute Gasteiger partial charge is 0.340 e. The summed E-state index contributed by atoms with van der Waals surface area (Å²) in [5.41, 5.74) is 7.47. The van der Waals surface area contributed by atoms with Gasteiger partial charge in [-0.1, -0.05) is 48.5 Å². The number of para-hydroxylation sites is 2. The Morgan fingerprint density at radius 2 is 1.08 bits per heavy atom. The van der Waals surface area contributed by atoms with Crippen molar-refractivity contribution in [2.24, 2.45) is 14.1 Å². The lowest BCUT2D eigenvalue weighted by Gasteiger charge is -2.22. The van der Waals surface area contributed by atoms with Crippen LogP contribution in [0.1, 0.15) is 34.0 Å². The molecule has 0 unspecified atom stereocenters. The minimum atomic E-state index is -0.0873. The molecule has 0 radical (unpaired) electrons. The van der Waals surface area contributed by atoms with E-state index in [0.717, 1.165) is 45.5 Å². The molecule has 37 heavy (non-hydrogen) atoms. The van der Waals surface area contributed by atoms with E-state index in [-0.39, 0.29) is 5.92 Å². The Morgan fingerprint density at radius 1 is 0.649 bits per heavy atom. The highest BCUT2D eigenvalue weighted by Crippen LogP contribution is 2.44. The zero-order chi connectivity index (χ0) is 25.9. The number of nitrogens with zero attached hydrogens (tertiary/aromatic N) is 4. The Labute approximate surface area is 222 Å². The third-order valence-electron chi connectivity index (χ3n) is 6.64. The predicted octanol–water partition coefficient (Wildman–Crippen LogP) is 7.16. The van der Waals surface area contributed by atoms with E-state index in [1.54, 1.807) is 11.8 Å². The van der Waals surface area contributed by atoms with Gasteiger partial charge >= 0.3 is 0 Å². The molecule has 5 aromatic rings. The van der Waals surface area contributed by atoms with Crippen LogP contribution in [-0.2, 0) is 14.1 Å². The Balaban J connectivity index is 1.72. The van der Waals surface area contributed by atoms with Gasteiger partial charge in [0.2, 0.25) is 0 Å². The smallest absolute Gasteiger partial charge is 0.132 e. The van der Waals surface area contributed by atoms with E-state index in [0.29, 0.717) is 0 Å². The molecule has 0 saturated carbocycles. The van der Waals surface area contributed by atoms with Crippen LogP contribution in [0.25, 0.3) is 0 Å². The van der Waals surface area contributed by atoms with Crippen LogP contribution >= 0.6 is 11.8 Å². The van der Waals surface area contributed by atoms with Crippen molar-refractivity contribution in [1.29, 1.82) is 0 Å². The zero-order valence-electron chi connectivity index (χ0n) is 21.9. The second-order valence-corrected chi connectivity index (χ2v) is 10.0. The highest BCUT2D eigenvalue weighted by atomic mass is 32.2. The Morgan fingerprint density at radius 3 is 1.49 bits per heavy atom. The zero-order valence-corrected chi connectivity index (χ0v) is 22.7. The molecule has 2 aromatic heterocycles. The van der Waals surface area contributed by atoms with Crippen LogP contribution in [-0.4, -0.2) is 25.8 Å². The van der Waals surface area contributed by atoms with Crippen molar-refractivity contribution in [2.45, 2.75) is 24.7 Å². The Hall–Kier alpha value is -3.97. The van der Waals surface area contributed by atoms with Crippen LogP contribution in [0, 0.1) is 13.8 Å². The van der Waals surface area contributed by atoms with Crippen molar-refractivity contribution in [2.75, 3.05) is 16.9 Å². The second kappa shape index (κ2) is 10.6. The molecule has 0 aliphatic heterocycles. The van der Waals surface area contributed by atoms with Gasteiger partial charge < -0.3 is 10.6 Å². The number of aryl methyl sites for hydroxylation is 4. The molecule has 2 N–H and O–H groups in total. The SMILES string of the molecule is CSc1ccc(C(c2c(C)nn(C)c2Nc2ccccc2)c2c(C)nn(C)c2Nc2ccccc2)cc1. The van der Waals surface area contributed by atoms with Gasteiger partial charge in [-0.3, -0.25) is 9.36 Å². The van der Waals surface area contributed by atoms with Crippen molar-refractivity contribution in [3.63, 3.8) is 0 Å². The quantitative estimate of drug-likeness (QED) is 0.218. The first kappa shape index (κ1) is 24.7. The maximum absolute atomic E-state index is 4.87. The molecule has 0 bridgehead atoms. The van der Waals surface area contributed by atoms with Gasteiger partial charge in [0.1, 0.15) is 11.6 Å². The molecule has 5 rings (SSSR count). The van der Waals surface area contributed by atoms with Crippen molar-refractivity contribution in [3.05, 3.63) is 113 Å². The van der Waals surface area contributed by atoms with E-state index in [4.69, 9.17) is 10.2 Å². The van der Waals surface area contributed by atoms with E-state index < -0.39 is 0 Å². The van der Waals surface area contributed by atoms with Crippen LogP contribution < -0.4 is 10.6 Å². The molecule has 0 saturated heterocycles. The van der Waals surface area contributed by atoms with Crippen LogP contribution in [0.5, 0.6) is 0 Å². The number of benzene rings is 3. The van der Waals surface area contributed by atoms with E-state index in [2.05, 4.69) is 79.3 Å². The second-order valence-electron chi connectivity index (χ2n) is 9.13. The molecule has 2 heterocycles. The molecule has 7 heteroatoms. The molecule has 0 aliphatic carbocycles. The van der Waals surface area contributed by atoms with Crippen molar-refractivity contribution in [1.82, 2.24) is 19.6 Å². The maximum atomic E-state index is 4.87. The monoisotopic (exact) mass is 508 g/mol. The lowest BCUT2D eigenvalue weighted by atomic mass is 9.84. The summed E-state index contributed by atoms with van der Waals surface area (Å²) in [6.07, 6.45) is 2.10. The van der Waals surface area contributed by atoms with Gasteiger partial charge in [-0.2, -0.15) is 10.2 Å². The third kappa shape index (κ3) is 5.00. The lowest BCUT2D eigenvalue weighted by molar-refractivity contribution is 0.765. The molecular weight excluding hydrogens is 476 g/mol. The van der Waals surface area contributed by atoms with E-state index in [9.17, 15) is 0 Å². The van der Waals surface area contributed by atoms with Crippen molar-refractivity contribution < 1.29 is 0 Å². The standard InChI is InChI=1S/C30H32N6S/c1-20-26(29(35(3)33-20)31-23-12-8-6-9-13-23)28(22-16-18-25(37-5)19-17-22)27-21(2)34-36(4)30(27)32-24-14-10-7-11-15-24/h6-19,28,31-32H,1-5H3. The van der Waals surface area contributed by atoms with Gasteiger partial charge in [-0.25, -0.2) is 0 Å². The van der Waals surface area contributed by atoms with E-state index >= 15 is 0 Å². The Kier molecular flexibility index (Phi) is 7.06. The third-order valence-corrected chi connectivity index (χ3v) is 7.38. The van der Waals surface area contributed by atoms with Crippen LogP contribution in [0.2, 0.25) is 0 Å². The highest BCUT2D eigenvalue weighted by Gasteiger charge is 2.31. The number of aromatic nitrogens is 4. The molecular formula is C30H32N6S. The average Bonchev–Trinajstić information content (AvgIpc) is 3.34. The van der Waals surface area contributed by atoms with Gasteiger partial charge in [0.25, 0.3) is 0 Å². The summed E-state index contributed by atoms with van der Waals surface area (Å²) in [5, 5.41) is 17.0. The number of thioether (sulfide) groups is 1. The molecule has 6 nitrogen and oxygen atoms in total. The maximum Gasteiger partial charge on any atom is 0.132 e. The van der Waals surface area contributed by atoms with E-state index in [1.165, 1.54) is 10.5 Å². The summed E-state index contributed by atoms with van der Waals surface area (Å²) in [5.74, 6) is 1.85. The minimum absolute atomic E-state index is 0.0873. The minimum Gasteiger partial charge on any atom is -0.340 e. The van der Waals surface area contributed by atoms with Crippen molar-refractivity contribution in [3.8, 4) is 0 Å². The fourth-order valence-corrected chi connectivity index (χ4v) is 5.34. The number of hydrogen-bond acceptors (Lipinski definition) is 5. The first-order valence-corrected chi connectivity index (χ1v) is 13.5. The molecule has 0 spiro atoms. The van der Waals surface area contributed by atoms with Crippen molar-refractivity contribution >= 4 is 34.8 Å². The molecule has 0 atom stereocenters. The number of hydrogen-bond donors (Lipinski definition) is 2. The first-order chi connectivity index (χ1) is 18.0. The van der Waals surface area contributed by atoms with E-state index in [1.807, 2.05) is 59.9 Å². The topological polar surface area (TPSA) is 59.7 Å². The molecule has 0 aliphatic rings. The average molecular weight is 509 g/mol. The molecule has 3 aromatic carbocycles. The van der Waals surface area contributed by atoms with Gasteiger partial charge in [0.15, 0.2) is 0 Å². The summed E-state index contributed by atoms with van der Waals surface area (Å²) in [6, 6.07) is 29.4. The van der Waals surface area contributed by atoms with Crippen LogP contribution in [0.3, 0.4) is 0 Å². The summed E-state index contributed by atoms with van der Waals surface area (Å²) in [4.78, 5) is 1.23. The fourth-order valence-electron chi connectivity index (χ4n) is 4.93. The molecule has 0 amide bonds. The number of nitrogens with one attached hydrogen (secondary N) is 2.